The highest BCUT2D eigenvalue weighted by molar-refractivity contribution is 5.79. The number of benzene rings is 1. The molecule has 0 fully saturated rings. The highest BCUT2D eigenvalue weighted by Gasteiger charge is 2.28. The highest BCUT2D eigenvalue weighted by Crippen LogP contribution is 2.30. The lowest BCUT2D eigenvalue weighted by Crippen LogP contribution is -2.43. The molecule has 2 atom stereocenters. The summed E-state index contributed by atoms with van der Waals surface area (Å²) in [5, 5.41) is 3.01. The zero-order valence-corrected chi connectivity index (χ0v) is 13.7. The van der Waals surface area contributed by atoms with Gasteiger partial charge in [-0.2, -0.15) is 0 Å². The van der Waals surface area contributed by atoms with Crippen molar-refractivity contribution in [1.82, 2.24) is 15.3 Å². The van der Waals surface area contributed by atoms with Crippen molar-refractivity contribution in [2.45, 2.75) is 32.3 Å². The Balaban J connectivity index is 1.31. The number of aromatic nitrogens is 2. The number of hydrogen-bond donors (Lipinski definition) is 2. The molecule has 4 rings (SSSR count). The van der Waals surface area contributed by atoms with Crippen LogP contribution in [0.25, 0.3) is 0 Å². The Labute approximate surface area is 140 Å². The number of carbonyl (C=O) groups excluding carboxylic acids is 1. The third-order valence-electron chi connectivity index (χ3n) is 4.61. The van der Waals surface area contributed by atoms with Crippen LogP contribution >= 0.6 is 0 Å². The van der Waals surface area contributed by atoms with Crippen LogP contribution in [0.3, 0.4) is 0 Å². The van der Waals surface area contributed by atoms with Crippen LogP contribution < -0.4 is 14.8 Å². The molecule has 6 heteroatoms. The lowest BCUT2D eigenvalue weighted by molar-refractivity contribution is -0.125. The van der Waals surface area contributed by atoms with Gasteiger partial charge in [-0.1, -0.05) is 12.1 Å². The third-order valence-corrected chi connectivity index (χ3v) is 4.61. The van der Waals surface area contributed by atoms with Crippen LogP contribution in [0.4, 0.5) is 0 Å². The van der Waals surface area contributed by atoms with Crippen molar-refractivity contribution in [1.29, 1.82) is 0 Å². The molecule has 1 aliphatic heterocycles. The average molecular weight is 327 g/mol. The number of nitrogens with one attached hydrogen (secondary N) is 2. The molecule has 2 aromatic rings. The van der Waals surface area contributed by atoms with Crippen molar-refractivity contribution in [2.75, 3.05) is 13.2 Å². The molecule has 24 heavy (non-hydrogen) atoms. The number of rotatable bonds is 3. The fraction of sp³-hybridized carbons (Fsp3) is 0.444. The maximum absolute atomic E-state index is 12.5. The Morgan fingerprint density at radius 2 is 2.21 bits per heavy atom. The fourth-order valence-electron chi connectivity index (χ4n) is 3.37. The van der Waals surface area contributed by atoms with Gasteiger partial charge in [-0.05, 0) is 31.9 Å². The number of amides is 1. The molecule has 1 aromatic heterocycles. The second-order valence-electron chi connectivity index (χ2n) is 6.43. The summed E-state index contributed by atoms with van der Waals surface area (Å²) < 4.78 is 11.5. The molecule has 0 saturated heterocycles. The molecule has 0 radical (unpaired) electrons. The van der Waals surface area contributed by atoms with E-state index in [-0.39, 0.29) is 17.9 Å². The van der Waals surface area contributed by atoms with Gasteiger partial charge in [0.25, 0.3) is 0 Å². The van der Waals surface area contributed by atoms with E-state index in [0.29, 0.717) is 13.2 Å². The molecule has 0 spiro atoms. The SMILES string of the molecule is Cc1nc2c([nH]1)C[C@H](C(=O)NC[C@H]1COc3ccccc3O1)CC2. The van der Waals surface area contributed by atoms with E-state index in [2.05, 4.69) is 15.3 Å². The van der Waals surface area contributed by atoms with E-state index in [1.807, 2.05) is 31.2 Å². The topological polar surface area (TPSA) is 76.2 Å². The van der Waals surface area contributed by atoms with Gasteiger partial charge in [0.1, 0.15) is 18.5 Å². The first-order valence-electron chi connectivity index (χ1n) is 8.39. The Kier molecular flexibility index (Phi) is 3.88. The van der Waals surface area contributed by atoms with E-state index in [1.165, 1.54) is 0 Å². The maximum Gasteiger partial charge on any atom is 0.223 e. The molecular weight excluding hydrogens is 306 g/mol. The predicted octanol–water partition coefficient (Wildman–Crippen LogP) is 1.78. The average Bonchev–Trinajstić information content (AvgIpc) is 2.98. The van der Waals surface area contributed by atoms with Crippen LogP contribution in [0, 0.1) is 12.8 Å². The largest absolute Gasteiger partial charge is 0.486 e. The molecule has 2 N–H and O–H groups in total. The van der Waals surface area contributed by atoms with Crippen molar-refractivity contribution < 1.29 is 14.3 Å². The second-order valence-corrected chi connectivity index (χ2v) is 6.43. The van der Waals surface area contributed by atoms with Crippen LogP contribution in [0.15, 0.2) is 24.3 Å². The van der Waals surface area contributed by atoms with Crippen LogP contribution in [0.5, 0.6) is 11.5 Å². The minimum absolute atomic E-state index is 0.00542. The van der Waals surface area contributed by atoms with Gasteiger partial charge in [-0.3, -0.25) is 4.79 Å². The number of carbonyl (C=O) groups is 1. The van der Waals surface area contributed by atoms with Crippen molar-refractivity contribution in [3.05, 3.63) is 41.5 Å². The number of aromatic amines is 1. The lowest BCUT2D eigenvalue weighted by atomic mass is 9.89. The van der Waals surface area contributed by atoms with E-state index in [4.69, 9.17) is 9.47 Å². The van der Waals surface area contributed by atoms with Crippen LogP contribution in [-0.4, -0.2) is 35.1 Å². The molecule has 6 nitrogen and oxygen atoms in total. The molecular formula is C18H21N3O3. The number of hydrogen-bond acceptors (Lipinski definition) is 4. The Morgan fingerprint density at radius 1 is 1.38 bits per heavy atom. The van der Waals surface area contributed by atoms with Gasteiger partial charge in [0.2, 0.25) is 5.91 Å². The minimum Gasteiger partial charge on any atom is -0.486 e. The molecule has 1 aromatic carbocycles. The van der Waals surface area contributed by atoms with E-state index in [1.54, 1.807) is 0 Å². The second kappa shape index (κ2) is 6.19. The van der Waals surface area contributed by atoms with Crippen LogP contribution in [0.1, 0.15) is 23.6 Å². The van der Waals surface area contributed by atoms with Crippen molar-refractivity contribution >= 4 is 5.91 Å². The molecule has 0 unspecified atom stereocenters. The number of H-pyrrole nitrogens is 1. The number of para-hydroxylation sites is 2. The summed E-state index contributed by atoms with van der Waals surface area (Å²) in [6, 6.07) is 7.59. The lowest BCUT2D eigenvalue weighted by Gasteiger charge is -2.27. The predicted molar refractivity (Wildman–Crippen MR) is 88.2 cm³/mol. The van der Waals surface area contributed by atoms with Crippen LogP contribution in [0.2, 0.25) is 0 Å². The Morgan fingerprint density at radius 3 is 3.08 bits per heavy atom. The minimum atomic E-state index is -0.155. The molecule has 0 bridgehead atoms. The molecule has 2 heterocycles. The van der Waals surface area contributed by atoms with E-state index in [9.17, 15) is 4.79 Å². The van der Waals surface area contributed by atoms with Gasteiger partial charge < -0.3 is 19.8 Å². The molecule has 1 amide bonds. The Bertz CT molecular complexity index is 756. The molecule has 0 saturated carbocycles. The van der Waals surface area contributed by atoms with E-state index >= 15 is 0 Å². The normalized spacial score (nSPS) is 21.9. The summed E-state index contributed by atoms with van der Waals surface area (Å²) in [7, 11) is 0. The summed E-state index contributed by atoms with van der Waals surface area (Å²) in [5.41, 5.74) is 2.21. The quantitative estimate of drug-likeness (QED) is 0.901. The van der Waals surface area contributed by atoms with Gasteiger partial charge in [0.05, 0.1) is 12.2 Å². The van der Waals surface area contributed by atoms with Gasteiger partial charge in [0, 0.05) is 18.0 Å². The number of fused-ring (bicyclic) bond motifs is 2. The van der Waals surface area contributed by atoms with Gasteiger partial charge in [0.15, 0.2) is 11.5 Å². The fourth-order valence-corrected chi connectivity index (χ4v) is 3.37. The van der Waals surface area contributed by atoms with Gasteiger partial charge >= 0.3 is 0 Å². The summed E-state index contributed by atoms with van der Waals surface area (Å²) in [6.07, 6.45) is 2.27. The summed E-state index contributed by atoms with van der Waals surface area (Å²) in [6.45, 7) is 2.86. The number of aryl methyl sites for hydroxylation is 2. The number of ether oxygens (including phenoxy) is 2. The summed E-state index contributed by atoms with van der Waals surface area (Å²) in [5.74, 6) is 2.49. The number of nitrogens with zero attached hydrogens (tertiary/aromatic N) is 1. The molecule has 2 aliphatic rings. The monoisotopic (exact) mass is 327 g/mol. The first kappa shape index (κ1) is 15.1. The first-order valence-corrected chi connectivity index (χ1v) is 8.39. The van der Waals surface area contributed by atoms with Crippen LogP contribution in [-0.2, 0) is 17.6 Å². The highest BCUT2D eigenvalue weighted by atomic mass is 16.6. The maximum atomic E-state index is 12.5. The van der Waals surface area contributed by atoms with Gasteiger partial charge in [-0.15, -0.1) is 0 Å². The molecule has 126 valence electrons. The standard InChI is InChI=1S/C18H21N3O3/c1-11-20-14-7-6-12(8-15(14)21-11)18(22)19-9-13-10-23-16-4-2-3-5-17(16)24-13/h2-5,12-13H,6-10H2,1H3,(H,19,22)(H,20,21)/t12-,13+/m1/s1. The molecule has 1 aliphatic carbocycles. The smallest absolute Gasteiger partial charge is 0.223 e. The van der Waals surface area contributed by atoms with Gasteiger partial charge in [-0.25, -0.2) is 4.98 Å². The zero-order chi connectivity index (χ0) is 16.5. The van der Waals surface area contributed by atoms with Crippen molar-refractivity contribution in [3.63, 3.8) is 0 Å². The van der Waals surface area contributed by atoms with E-state index < -0.39 is 0 Å². The van der Waals surface area contributed by atoms with Crippen molar-refractivity contribution in [2.24, 2.45) is 5.92 Å². The number of imidazole rings is 1. The third kappa shape index (κ3) is 2.96. The first-order chi connectivity index (χ1) is 11.7. The Hall–Kier alpha value is -2.50. The summed E-state index contributed by atoms with van der Waals surface area (Å²) in [4.78, 5) is 20.2. The zero-order valence-electron chi connectivity index (χ0n) is 13.7. The van der Waals surface area contributed by atoms with Crippen molar-refractivity contribution in [3.8, 4) is 11.5 Å². The summed E-state index contributed by atoms with van der Waals surface area (Å²) >= 11 is 0. The van der Waals surface area contributed by atoms with E-state index in [0.717, 1.165) is 48.0 Å².